The van der Waals surface area contributed by atoms with Crippen molar-refractivity contribution in [2.75, 3.05) is 43.5 Å². The molecule has 42 heavy (non-hydrogen) atoms. The van der Waals surface area contributed by atoms with Gasteiger partial charge >= 0.3 is 0 Å². The highest BCUT2D eigenvalue weighted by atomic mass is 19.1. The minimum atomic E-state index is -0.417. The normalized spacial score (nSPS) is 10.4. The average Bonchev–Trinajstić information content (AvgIpc) is 3.42. The van der Waals surface area contributed by atoms with Gasteiger partial charge in [0, 0.05) is 42.0 Å². The summed E-state index contributed by atoms with van der Waals surface area (Å²) in [5.74, 6) is 1.07. The Labute approximate surface area is 247 Å². The molecule has 0 unspecified atom stereocenters. The number of amides is 1. The van der Waals surface area contributed by atoms with Crippen molar-refractivity contribution in [1.29, 1.82) is 0 Å². The Balaban J connectivity index is 0.00000116. The summed E-state index contributed by atoms with van der Waals surface area (Å²) in [5.41, 5.74) is 1.70. The molecule has 4 rings (SSSR count). The minimum absolute atomic E-state index is 0.0480. The van der Waals surface area contributed by atoms with Gasteiger partial charge in [-0.05, 0) is 43.3 Å². The second-order valence-corrected chi connectivity index (χ2v) is 9.11. The van der Waals surface area contributed by atoms with Crippen molar-refractivity contribution in [3.05, 3.63) is 66.4 Å². The summed E-state index contributed by atoms with van der Waals surface area (Å²) in [6.45, 7) is 13.5. The van der Waals surface area contributed by atoms with Gasteiger partial charge in [-0.1, -0.05) is 47.1 Å². The third-order valence-electron chi connectivity index (χ3n) is 5.70. The number of aliphatic hydroxyl groups excluding tert-OH is 1. The summed E-state index contributed by atoms with van der Waals surface area (Å²) < 4.78 is 19.2. The molecule has 2 heterocycles. The van der Waals surface area contributed by atoms with Crippen LogP contribution in [0.15, 0.2) is 54.9 Å². The van der Waals surface area contributed by atoms with Gasteiger partial charge in [-0.25, -0.2) is 14.4 Å². The number of hydrogen-bond donors (Lipinski definition) is 4. The molecule has 2 aromatic heterocycles. The first-order valence-corrected chi connectivity index (χ1v) is 14.5. The third kappa shape index (κ3) is 11.4. The molecule has 0 spiro atoms. The predicted molar refractivity (Wildman–Crippen MR) is 167 cm³/mol. The summed E-state index contributed by atoms with van der Waals surface area (Å²) in [4.78, 5) is 23.1. The van der Waals surface area contributed by atoms with Crippen LogP contribution in [0.3, 0.4) is 0 Å². The number of ether oxygens (including phenoxy) is 1. The zero-order chi connectivity index (χ0) is 30.7. The molecular weight excluding hydrogens is 537 g/mol. The fourth-order valence-electron chi connectivity index (χ4n) is 3.86. The zero-order valence-corrected chi connectivity index (χ0v) is 25.3. The van der Waals surface area contributed by atoms with Crippen molar-refractivity contribution >= 4 is 34.1 Å². The number of fused-ring (bicyclic) bond motifs is 1. The van der Waals surface area contributed by atoms with Gasteiger partial charge in [-0.3, -0.25) is 9.89 Å². The van der Waals surface area contributed by atoms with E-state index >= 15 is 0 Å². The Hall–Kier alpha value is -4.09. The molecule has 4 aromatic rings. The number of rotatable bonds is 13. The van der Waals surface area contributed by atoms with Crippen LogP contribution in [-0.2, 0) is 11.2 Å². The van der Waals surface area contributed by atoms with Crippen molar-refractivity contribution in [3.8, 4) is 5.75 Å². The van der Waals surface area contributed by atoms with Gasteiger partial charge in [0.15, 0.2) is 5.82 Å². The number of likely N-dealkylation sites (N-methyl/N-ethyl adjacent to an activating group) is 1. The molecule has 4 N–H and O–H groups in total. The molecule has 10 nitrogen and oxygen atoms in total. The Morgan fingerprint density at radius 2 is 1.86 bits per heavy atom. The molecular formula is C31H44FN7O3. The average molecular weight is 582 g/mol. The van der Waals surface area contributed by atoms with Crippen molar-refractivity contribution in [1.82, 2.24) is 25.1 Å². The van der Waals surface area contributed by atoms with Gasteiger partial charge in [-0.15, -0.1) is 0 Å². The Kier molecular flexibility index (Phi) is 15.5. The van der Waals surface area contributed by atoms with Crippen LogP contribution in [0.2, 0.25) is 0 Å². The molecule has 228 valence electrons. The number of aromatic amines is 1. The SMILES string of the molecule is CC.CCC.CCN(CCO)CCCOc1ccc2c(Nc3cc(CC(=O)Nc4cccc(F)c4)[nH]n3)ncnc2c1. The summed E-state index contributed by atoms with van der Waals surface area (Å²) in [6, 6.07) is 13.1. The zero-order valence-electron chi connectivity index (χ0n) is 25.3. The molecule has 11 heteroatoms. The number of halogens is 1. The summed E-state index contributed by atoms with van der Waals surface area (Å²) in [5, 5.41) is 22.7. The maximum Gasteiger partial charge on any atom is 0.230 e. The monoisotopic (exact) mass is 581 g/mol. The summed E-state index contributed by atoms with van der Waals surface area (Å²) in [7, 11) is 0. The number of H-pyrrole nitrogens is 1. The molecule has 0 aliphatic carbocycles. The standard InChI is InChI=1S/C26H30FN7O3.C3H8.C2H6/c1-2-34(10-11-35)9-4-12-37-21-7-8-22-23(16-21)28-17-29-26(22)31-24-14-20(32-33-24)15-25(36)30-19-6-3-5-18(27)13-19;1-3-2;1-2/h3,5-8,13-14,16-17,35H,2,4,9-12,15H2,1H3,(H,30,36)(H2,28,29,31,32,33);3H2,1-2H3;1-2H3. The maximum atomic E-state index is 13.3. The van der Waals surface area contributed by atoms with Crippen LogP contribution < -0.4 is 15.4 Å². The number of anilines is 3. The quantitative estimate of drug-likeness (QED) is 0.143. The van der Waals surface area contributed by atoms with E-state index in [2.05, 4.69) is 56.5 Å². The van der Waals surface area contributed by atoms with E-state index in [4.69, 9.17) is 9.84 Å². The van der Waals surface area contributed by atoms with Crippen molar-refractivity contribution in [2.24, 2.45) is 0 Å². The van der Waals surface area contributed by atoms with E-state index < -0.39 is 5.82 Å². The predicted octanol–water partition coefficient (Wildman–Crippen LogP) is 5.94. The number of benzene rings is 2. The number of nitrogens with zero attached hydrogens (tertiary/aromatic N) is 4. The van der Waals surface area contributed by atoms with Gasteiger partial charge < -0.3 is 25.4 Å². The lowest BCUT2D eigenvalue weighted by Crippen LogP contribution is -2.28. The molecule has 0 radical (unpaired) electrons. The molecule has 0 saturated carbocycles. The summed E-state index contributed by atoms with van der Waals surface area (Å²) in [6.07, 6.45) is 3.61. The topological polar surface area (TPSA) is 128 Å². The van der Waals surface area contributed by atoms with E-state index in [1.165, 1.54) is 30.9 Å². The summed E-state index contributed by atoms with van der Waals surface area (Å²) >= 11 is 0. The molecule has 0 bridgehead atoms. The van der Waals surface area contributed by atoms with Crippen LogP contribution in [0.25, 0.3) is 10.9 Å². The van der Waals surface area contributed by atoms with Crippen molar-refractivity contribution in [3.63, 3.8) is 0 Å². The van der Waals surface area contributed by atoms with E-state index in [0.717, 1.165) is 30.4 Å². The molecule has 0 aliphatic rings. The van der Waals surface area contributed by atoms with Crippen LogP contribution >= 0.6 is 0 Å². The Morgan fingerprint density at radius 1 is 1.07 bits per heavy atom. The number of carbonyl (C=O) groups is 1. The Bertz CT molecular complexity index is 1350. The molecule has 0 fully saturated rings. The highest BCUT2D eigenvalue weighted by Gasteiger charge is 2.11. The number of aromatic nitrogens is 4. The molecule has 0 saturated heterocycles. The second-order valence-electron chi connectivity index (χ2n) is 9.11. The lowest BCUT2D eigenvalue weighted by molar-refractivity contribution is -0.115. The first-order chi connectivity index (χ1) is 20.4. The van der Waals surface area contributed by atoms with Crippen molar-refractivity contribution in [2.45, 2.75) is 53.9 Å². The van der Waals surface area contributed by atoms with Gasteiger partial charge in [0.1, 0.15) is 23.7 Å². The second kappa shape index (κ2) is 19.1. The molecule has 0 aliphatic heterocycles. The fourth-order valence-corrected chi connectivity index (χ4v) is 3.86. The number of aliphatic hydroxyl groups is 1. The first kappa shape index (κ1) is 34.1. The van der Waals surface area contributed by atoms with E-state index in [1.54, 1.807) is 12.1 Å². The number of hydrogen-bond acceptors (Lipinski definition) is 8. The van der Waals surface area contributed by atoms with Gasteiger partial charge in [-0.2, -0.15) is 5.10 Å². The van der Waals surface area contributed by atoms with Crippen LogP contribution in [0.5, 0.6) is 5.75 Å². The molecule has 0 atom stereocenters. The van der Waals surface area contributed by atoms with Gasteiger partial charge in [0.25, 0.3) is 0 Å². The lowest BCUT2D eigenvalue weighted by Gasteiger charge is -2.18. The van der Waals surface area contributed by atoms with E-state index in [-0.39, 0.29) is 18.9 Å². The molecule has 1 amide bonds. The fraction of sp³-hybridized carbons (Fsp3) is 0.419. The number of carbonyl (C=O) groups excluding carboxylic acids is 1. The number of nitrogens with one attached hydrogen (secondary N) is 3. The van der Waals surface area contributed by atoms with Crippen LogP contribution in [0.1, 0.15) is 53.2 Å². The van der Waals surface area contributed by atoms with Crippen LogP contribution in [0, 0.1) is 5.82 Å². The van der Waals surface area contributed by atoms with E-state index in [9.17, 15) is 9.18 Å². The molecule has 2 aromatic carbocycles. The highest BCUT2D eigenvalue weighted by molar-refractivity contribution is 5.93. The van der Waals surface area contributed by atoms with Crippen LogP contribution in [-0.4, -0.2) is 68.9 Å². The maximum absolute atomic E-state index is 13.3. The minimum Gasteiger partial charge on any atom is -0.493 e. The van der Waals surface area contributed by atoms with E-state index in [0.29, 0.717) is 41.9 Å². The Morgan fingerprint density at radius 3 is 2.57 bits per heavy atom. The van der Waals surface area contributed by atoms with Crippen LogP contribution in [0.4, 0.5) is 21.7 Å². The highest BCUT2D eigenvalue weighted by Crippen LogP contribution is 2.26. The van der Waals surface area contributed by atoms with Gasteiger partial charge in [0.05, 0.1) is 25.2 Å². The van der Waals surface area contributed by atoms with Gasteiger partial charge in [0.2, 0.25) is 5.91 Å². The lowest BCUT2D eigenvalue weighted by atomic mass is 10.2. The third-order valence-corrected chi connectivity index (χ3v) is 5.70. The van der Waals surface area contributed by atoms with Crippen molar-refractivity contribution < 1.29 is 19.0 Å². The van der Waals surface area contributed by atoms with E-state index in [1.807, 2.05) is 32.0 Å². The largest absolute Gasteiger partial charge is 0.493 e. The smallest absolute Gasteiger partial charge is 0.230 e. The first-order valence-electron chi connectivity index (χ1n) is 14.5.